The van der Waals surface area contributed by atoms with Crippen LogP contribution in [0.3, 0.4) is 0 Å². The van der Waals surface area contributed by atoms with Gasteiger partial charge in [-0.05, 0) is 49.0 Å². The van der Waals surface area contributed by atoms with E-state index in [1.807, 2.05) is 18.2 Å². The third kappa shape index (κ3) is 3.13. The molecular weight excluding hydrogens is 286 g/mol. The van der Waals surface area contributed by atoms with E-state index < -0.39 is 0 Å². The van der Waals surface area contributed by atoms with Crippen LogP contribution in [0.2, 0.25) is 0 Å². The van der Waals surface area contributed by atoms with Gasteiger partial charge in [0, 0.05) is 12.0 Å². The van der Waals surface area contributed by atoms with E-state index in [-0.39, 0.29) is 0 Å². The van der Waals surface area contributed by atoms with Gasteiger partial charge in [0.05, 0.1) is 0 Å². The molecule has 1 N–H and O–H groups in total. The summed E-state index contributed by atoms with van der Waals surface area (Å²) in [5, 5.41) is 10.0. The second-order valence-electron chi connectivity index (χ2n) is 6.29. The van der Waals surface area contributed by atoms with Gasteiger partial charge >= 0.3 is 0 Å². The summed E-state index contributed by atoms with van der Waals surface area (Å²) in [5.41, 5.74) is 1.04. The van der Waals surface area contributed by atoms with Gasteiger partial charge in [0.25, 0.3) is 0 Å². The van der Waals surface area contributed by atoms with Gasteiger partial charge in [-0.1, -0.05) is 47.6 Å². The van der Waals surface area contributed by atoms with Crippen molar-refractivity contribution >= 4 is 10.8 Å². The van der Waals surface area contributed by atoms with E-state index in [1.54, 1.807) is 0 Å². The first kappa shape index (κ1) is 14.4. The fourth-order valence-corrected chi connectivity index (χ4v) is 3.41. The molecule has 0 aliphatic carbocycles. The average molecular weight is 307 g/mol. The lowest BCUT2D eigenvalue weighted by atomic mass is 9.97. The van der Waals surface area contributed by atoms with Crippen molar-refractivity contribution in [1.29, 1.82) is 0 Å². The number of rotatable bonds is 3. The van der Waals surface area contributed by atoms with Crippen LogP contribution in [0, 0.1) is 5.92 Å². The van der Waals surface area contributed by atoms with Crippen molar-refractivity contribution in [2.45, 2.75) is 25.7 Å². The zero-order valence-corrected chi connectivity index (χ0v) is 13.2. The maximum Gasteiger partial charge on any atom is 0.227 e. The maximum absolute atomic E-state index is 5.53. The highest BCUT2D eigenvalue weighted by molar-refractivity contribution is 5.94. The second kappa shape index (κ2) is 6.50. The number of nitrogens with one attached hydrogen (secondary N) is 1. The normalized spacial score (nSPS) is 18.9. The van der Waals surface area contributed by atoms with Crippen LogP contribution in [0.1, 0.15) is 25.2 Å². The van der Waals surface area contributed by atoms with E-state index in [1.165, 1.54) is 30.0 Å². The van der Waals surface area contributed by atoms with Gasteiger partial charge in [0.1, 0.15) is 0 Å². The Morgan fingerprint density at radius 3 is 2.96 bits per heavy atom. The molecule has 3 aromatic rings. The van der Waals surface area contributed by atoms with Crippen LogP contribution in [0.25, 0.3) is 22.2 Å². The molecule has 1 aromatic heterocycles. The van der Waals surface area contributed by atoms with Crippen LogP contribution in [-0.4, -0.2) is 23.2 Å². The second-order valence-corrected chi connectivity index (χ2v) is 6.29. The van der Waals surface area contributed by atoms with Gasteiger partial charge in [0.2, 0.25) is 11.7 Å². The minimum atomic E-state index is 0.644. The Hall–Kier alpha value is -2.20. The SMILES string of the molecule is c1ccc2c(-c3noc(CC4CCCNCC4)n3)cccc2c1. The molecule has 4 heteroatoms. The highest BCUT2D eigenvalue weighted by Crippen LogP contribution is 2.27. The van der Waals surface area contributed by atoms with Crippen LogP contribution in [0.15, 0.2) is 47.0 Å². The maximum atomic E-state index is 5.53. The zero-order chi connectivity index (χ0) is 15.5. The van der Waals surface area contributed by atoms with E-state index in [9.17, 15) is 0 Å². The molecule has 1 atom stereocenters. The largest absolute Gasteiger partial charge is 0.339 e. The molecule has 23 heavy (non-hydrogen) atoms. The zero-order valence-electron chi connectivity index (χ0n) is 13.2. The standard InChI is InChI=1S/C19H21N3O/c1-2-8-16-15(6-1)7-3-9-17(16)19-21-18(23-22-19)13-14-5-4-11-20-12-10-14/h1-3,6-9,14,20H,4-5,10-13H2. The molecule has 4 nitrogen and oxygen atoms in total. The van der Waals surface area contributed by atoms with E-state index in [0.717, 1.165) is 31.0 Å². The minimum absolute atomic E-state index is 0.644. The monoisotopic (exact) mass is 307 g/mol. The van der Waals surface area contributed by atoms with Crippen molar-refractivity contribution in [2.24, 2.45) is 5.92 Å². The lowest BCUT2D eigenvalue weighted by Gasteiger charge is -2.09. The molecule has 2 aromatic carbocycles. The fourth-order valence-electron chi connectivity index (χ4n) is 3.41. The topological polar surface area (TPSA) is 51.0 Å². The molecule has 1 saturated heterocycles. The molecule has 1 unspecified atom stereocenters. The Labute approximate surface area is 135 Å². The third-order valence-corrected chi connectivity index (χ3v) is 4.66. The first-order valence-corrected chi connectivity index (χ1v) is 8.41. The number of fused-ring (bicyclic) bond motifs is 1. The van der Waals surface area contributed by atoms with Gasteiger partial charge in [-0.15, -0.1) is 0 Å². The van der Waals surface area contributed by atoms with Crippen LogP contribution in [0.4, 0.5) is 0 Å². The summed E-state index contributed by atoms with van der Waals surface area (Å²) in [6, 6.07) is 14.5. The summed E-state index contributed by atoms with van der Waals surface area (Å²) in [6.45, 7) is 2.22. The highest BCUT2D eigenvalue weighted by atomic mass is 16.5. The third-order valence-electron chi connectivity index (χ3n) is 4.66. The number of hydrogen-bond donors (Lipinski definition) is 1. The molecule has 1 aliphatic heterocycles. The molecule has 1 fully saturated rings. The average Bonchev–Trinajstić information content (AvgIpc) is 2.90. The summed E-state index contributed by atoms with van der Waals surface area (Å²) in [7, 11) is 0. The first-order valence-electron chi connectivity index (χ1n) is 8.41. The Kier molecular flexibility index (Phi) is 4.07. The Bertz CT molecular complexity index is 783. The molecular formula is C19H21N3O. The number of benzene rings is 2. The minimum Gasteiger partial charge on any atom is -0.339 e. The smallest absolute Gasteiger partial charge is 0.227 e. The molecule has 0 saturated carbocycles. The van der Waals surface area contributed by atoms with Gasteiger partial charge in [0.15, 0.2) is 0 Å². The predicted molar refractivity (Wildman–Crippen MR) is 91.2 cm³/mol. The van der Waals surface area contributed by atoms with Gasteiger partial charge in [-0.25, -0.2) is 0 Å². The molecule has 2 heterocycles. The van der Waals surface area contributed by atoms with Crippen molar-refractivity contribution in [3.8, 4) is 11.4 Å². The molecule has 1 aliphatic rings. The molecule has 0 amide bonds. The van der Waals surface area contributed by atoms with Crippen molar-refractivity contribution in [2.75, 3.05) is 13.1 Å². The van der Waals surface area contributed by atoms with E-state index in [2.05, 4.69) is 39.7 Å². The predicted octanol–water partition coefficient (Wildman–Crippen LogP) is 3.82. The van der Waals surface area contributed by atoms with E-state index in [4.69, 9.17) is 4.52 Å². The molecule has 118 valence electrons. The van der Waals surface area contributed by atoms with Gasteiger partial charge in [-0.3, -0.25) is 0 Å². The van der Waals surface area contributed by atoms with Crippen molar-refractivity contribution in [3.05, 3.63) is 48.4 Å². The number of aromatic nitrogens is 2. The quantitative estimate of drug-likeness (QED) is 0.799. The summed E-state index contributed by atoms with van der Waals surface area (Å²) >= 11 is 0. The van der Waals surface area contributed by atoms with Crippen molar-refractivity contribution in [1.82, 2.24) is 15.5 Å². The van der Waals surface area contributed by atoms with Gasteiger partial charge < -0.3 is 9.84 Å². The van der Waals surface area contributed by atoms with Crippen molar-refractivity contribution < 1.29 is 4.52 Å². The summed E-state index contributed by atoms with van der Waals surface area (Å²) < 4.78 is 5.53. The Morgan fingerprint density at radius 1 is 1.04 bits per heavy atom. The molecule has 4 rings (SSSR count). The first-order chi connectivity index (χ1) is 11.4. The Morgan fingerprint density at radius 2 is 1.96 bits per heavy atom. The summed E-state index contributed by atoms with van der Waals surface area (Å²) in [6.07, 6.45) is 4.54. The molecule has 0 radical (unpaired) electrons. The van der Waals surface area contributed by atoms with Crippen LogP contribution in [0.5, 0.6) is 0 Å². The van der Waals surface area contributed by atoms with Crippen LogP contribution < -0.4 is 5.32 Å². The number of nitrogens with zero attached hydrogens (tertiary/aromatic N) is 2. The van der Waals surface area contributed by atoms with E-state index in [0.29, 0.717) is 11.7 Å². The fraction of sp³-hybridized carbons (Fsp3) is 0.368. The summed E-state index contributed by atoms with van der Waals surface area (Å²) in [5.74, 6) is 2.11. The summed E-state index contributed by atoms with van der Waals surface area (Å²) in [4.78, 5) is 4.66. The lowest BCUT2D eigenvalue weighted by molar-refractivity contribution is 0.341. The molecule has 0 bridgehead atoms. The number of hydrogen-bond acceptors (Lipinski definition) is 4. The van der Waals surface area contributed by atoms with Crippen molar-refractivity contribution in [3.63, 3.8) is 0 Å². The molecule has 0 spiro atoms. The van der Waals surface area contributed by atoms with Crippen LogP contribution >= 0.6 is 0 Å². The van der Waals surface area contributed by atoms with Gasteiger partial charge in [-0.2, -0.15) is 4.98 Å². The van der Waals surface area contributed by atoms with Crippen LogP contribution in [-0.2, 0) is 6.42 Å². The van der Waals surface area contributed by atoms with E-state index >= 15 is 0 Å². The highest BCUT2D eigenvalue weighted by Gasteiger charge is 2.17. The Balaban J connectivity index is 1.59. The lowest BCUT2D eigenvalue weighted by Crippen LogP contribution is -2.14.